The van der Waals surface area contributed by atoms with Crippen LogP contribution in [0.5, 0.6) is 0 Å². The second-order valence-corrected chi connectivity index (χ2v) is 7.59. The van der Waals surface area contributed by atoms with Gasteiger partial charge < -0.3 is 15.1 Å². The van der Waals surface area contributed by atoms with Crippen LogP contribution in [0, 0.1) is 0 Å². The van der Waals surface area contributed by atoms with Gasteiger partial charge in [0.2, 0.25) is 5.91 Å². The molecule has 25 heavy (non-hydrogen) atoms. The van der Waals surface area contributed by atoms with Gasteiger partial charge in [0.15, 0.2) is 0 Å². The first kappa shape index (κ1) is 16.7. The summed E-state index contributed by atoms with van der Waals surface area (Å²) in [6, 6.07) is 0.383. The van der Waals surface area contributed by atoms with Gasteiger partial charge in [0.25, 0.3) is 0 Å². The summed E-state index contributed by atoms with van der Waals surface area (Å²) >= 11 is 0. The molecule has 136 valence electrons. The van der Waals surface area contributed by atoms with Crippen LogP contribution in [-0.2, 0) is 17.8 Å². The zero-order chi connectivity index (χ0) is 17.4. The summed E-state index contributed by atoms with van der Waals surface area (Å²) in [6.07, 6.45) is 4.98. The molecule has 0 radical (unpaired) electrons. The lowest BCUT2D eigenvalue weighted by Gasteiger charge is -2.39. The zero-order valence-electron chi connectivity index (χ0n) is 15.2. The number of fused-ring (bicyclic) bond motifs is 1. The van der Waals surface area contributed by atoms with Gasteiger partial charge in [-0.15, -0.1) is 0 Å². The van der Waals surface area contributed by atoms with Crippen LogP contribution in [0.1, 0.15) is 31.0 Å². The van der Waals surface area contributed by atoms with Gasteiger partial charge in [-0.25, -0.2) is 9.97 Å². The van der Waals surface area contributed by atoms with E-state index in [1.165, 1.54) is 11.3 Å². The largest absolute Gasteiger partial charge is 0.354 e. The number of nitrogens with one attached hydrogen (secondary N) is 1. The molecule has 1 saturated heterocycles. The fourth-order valence-electron chi connectivity index (χ4n) is 3.77. The molecule has 2 fully saturated rings. The zero-order valence-corrected chi connectivity index (χ0v) is 15.2. The first-order valence-electron chi connectivity index (χ1n) is 9.42. The Morgan fingerprint density at radius 1 is 1.20 bits per heavy atom. The Balaban J connectivity index is 1.39. The second kappa shape index (κ2) is 6.88. The summed E-state index contributed by atoms with van der Waals surface area (Å²) in [5, 5.41) is 3.12. The minimum absolute atomic E-state index is 0.0480. The highest BCUT2D eigenvalue weighted by Crippen LogP contribution is 2.26. The first-order chi connectivity index (χ1) is 12.1. The van der Waals surface area contributed by atoms with Crippen LogP contribution in [0.4, 0.5) is 5.82 Å². The number of carbonyl (C=O) groups is 1. The maximum absolute atomic E-state index is 12.3. The predicted octanol–water partition coefficient (Wildman–Crippen LogP) is 0.254. The highest BCUT2D eigenvalue weighted by molar-refractivity contribution is 5.81. The van der Waals surface area contributed by atoms with E-state index in [4.69, 9.17) is 0 Å². The second-order valence-electron chi connectivity index (χ2n) is 7.59. The first-order valence-corrected chi connectivity index (χ1v) is 9.42. The van der Waals surface area contributed by atoms with Gasteiger partial charge in [-0.2, -0.15) is 0 Å². The predicted molar refractivity (Wildman–Crippen MR) is 96.5 cm³/mol. The summed E-state index contributed by atoms with van der Waals surface area (Å²) in [7, 11) is 2.15. The van der Waals surface area contributed by atoms with Crippen molar-refractivity contribution in [3.8, 4) is 0 Å². The van der Waals surface area contributed by atoms with Gasteiger partial charge in [-0.1, -0.05) is 0 Å². The Morgan fingerprint density at radius 2 is 1.96 bits per heavy atom. The number of carbonyl (C=O) groups excluding carboxylic acids is 1. The SMILES string of the molecule is C[C@H](C(=O)NC1CC1)N1CCN(c2ncnc3c2CN(C)CC3)CC1. The molecule has 0 aromatic carbocycles. The average molecular weight is 344 g/mol. The number of amides is 1. The lowest BCUT2D eigenvalue weighted by molar-refractivity contribution is -0.126. The summed E-state index contributed by atoms with van der Waals surface area (Å²) < 4.78 is 0. The molecule has 1 amide bonds. The van der Waals surface area contributed by atoms with E-state index in [0.717, 1.165) is 64.3 Å². The molecule has 2 aliphatic heterocycles. The number of hydrogen-bond acceptors (Lipinski definition) is 6. The number of rotatable bonds is 4. The van der Waals surface area contributed by atoms with Crippen molar-refractivity contribution in [3.63, 3.8) is 0 Å². The molecule has 3 heterocycles. The van der Waals surface area contributed by atoms with Crippen LogP contribution in [0.15, 0.2) is 6.33 Å². The topological polar surface area (TPSA) is 64.6 Å². The molecule has 7 heteroatoms. The summed E-state index contributed by atoms with van der Waals surface area (Å²) in [4.78, 5) is 28.3. The molecule has 0 unspecified atom stereocenters. The van der Waals surface area contributed by atoms with Crippen molar-refractivity contribution < 1.29 is 4.79 Å². The molecule has 1 aromatic heterocycles. The van der Waals surface area contributed by atoms with E-state index in [1.54, 1.807) is 6.33 Å². The third-order valence-corrected chi connectivity index (χ3v) is 5.63. The maximum atomic E-state index is 12.3. The van der Waals surface area contributed by atoms with Crippen LogP contribution in [-0.4, -0.2) is 77.5 Å². The Morgan fingerprint density at radius 3 is 2.68 bits per heavy atom. The third-order valence-electron chi connectivity index (χ3n) is 5.63. The Bertz CT molecular complexity index is 638. The standard InChI is InChI=1S/C18H28N6O/c1-13(18(25)21-14-3-4-14)23-7-9-24(10-8-23)17-15-11-22(2)6-5-16(15)19-12-20-17/h12-14H,3-11H2,1-2H3,(H,21,25)/t13-/m1/s1. The van der Waals surface area contributed by atoms with Gasteiger partial charge in [0.05, 0.1) is 11.7 Å². The third kappa shape index (κ3) is 3.62. The molecule has 7 nitrogen and oxygen atoms in total. The monoisotopic (exact) mass is 344 g/mol. The minimum Gasteiger partial charge on any atom is -0.354 e. The quantitative estimate of drug-likeness (QED) is 0.845. The minimum atomic E-state index is -0.0480. The number of piperazine rings is 1. The van der Waals surface area contributed by atoms with E-state index in [1.807, 2.05) is 6.92 Å². The smallest absolute Gasteiger partial charge is 0.237 e. The van der Waals surface area contributed by atoms with Gasteiger partial charge in [-0.3, -0.25) is 9.69 Å². The van der Waals surface area contributed by atoms with Gasteiger partial charge >= 0.3 is 0 Å². The summed E-state index contributed by atoms with van der Waals surface area (Å²) in [5.41, 5.74) is 2.48. The molecule has 0 bridgehead atoms. The van der Waals surface area contributed by atoms with E-state index in [2.05, 4.69) is 37.0 Å². The molecule has 1 aliphatic carbocycles. The normalized spacial score (nSPS) is 23.2. The summed E-state index contributed by atoms with van der Waals surface area (Å²) in [6.45, 7) is 7.62. The number of nitrogens with zero attached hydrogens (tertiary/aromatic N) is 5. The number of aromatic nitrogens is 2. The van der Waals surface area contributed by atoms with Crippen LogP contribution in [0.25, 0.3) is 0 Å². The van der Waals surface area contributed by atoms with Crippen molar-refractivity contribution in [2.75, 3.05) is 44.7 Å². The molecular formula is C18H28N6O. The Kier molecular flexibility index (Phi) is 4.60. The maximum Gasteiger partial charge on any atom is 0.237 e. The van der Waals surface area contributed by atoms with E-state index < -0.39 is 0 Å². The van der Waals surface area contributed by atoms with Crippen LogP contribution in [0.3, 0.4) is 0 Å². The van der Waals surface area contributed by atoms with E-state index in [-0.39, 0.29) is 11.9 Å². The molecule has 4 rings (SSSR count). The molecule has 1 aromatic rings. The highest BCUT2D eigenvalue weighted by atomic mass is 16.2. The average Bonchev–Trinajstić information content (AvgIpc) is 3.44. The molecule has 1 N–H and O–H groups in total. The fourth-order valence-corrected chi connectivity index (χ4v) is 3.77. The summed E-state index contributed by atoms with van der Waals surface area (Å²) in [5.74, 6) is 1.27. The lowest BCUT2D eigenvalue weighted by Crippen LogP contribution is -2.54. The van der Waals surface area contributed by atoms with Gasteiger partial charge in [-0.05, 0) is 26.8 Å². The molecule has 0 spiro atoms. The molecular weight excluding hydrogens is 316 g/mol. The molecule has 1 atom stereocenters. The van der Waals surface area contributed by atoms with Gasteiger partial charge in [0.1, 0.15) is 12.1 Å². The van der Waals surface area contributed by atoms with Crippen molar-refractivity contribution in [1.82, 2.24) is 25.1 Å². The molecule has 1 saturated carbocycles. The van der Waals surface area contributed by atoms with Crippen LogP contribution < -0.4 is 10.2 Å². The van der Waals surface area contributed by atoms with Crippen molar-refractivity contribution >= 4 is 11.7 Å². The number of anilines is 1. The van der Waals surface area contributed by atoms with E-state index >= 15 is 0 Å². The number of hydrogen-bond donors (Lipinski definition) is 1. The van der Waals surface area contributed by atoms with Crippen molar-refractivity contribution in [2.24, 2.45) is 0 Å². The molecule has 3 aliphatic rings. The Labute approximate surface area is 149 Å². The van der Waals surface area contributed by atoms with E-state index in [0.29, 0.717) is 6.04 Å². The van der Waals surface area contributed by atoms with Crippen molar-refractivity contribution in [2.45, 2.75) is 44.8 Å². The number of likely N-dealkylation sites (N-methyl/N-ethyl adjacent to an activating group) is 1. The Hall–Kier alpha value is -1.73. The van der Waals surface area contributed by atoms with Crippen LogP contribution in [0.2, 0.25) is 0 Å². The van der Waals surface area contributed by atoms with E-state index in [9.17, 15) is 4.79 Å². The van der Waals surface area contributed by atoms with Crippen LogP contribution >= 0.6 is 0 Å². The van der Waals surface area contributed by atoms with Crippen molar-refractivity contribution in [1.29, 1.82) is 0 Å². The van der Waals surface area contributed by atoms with Gasteiger partial charge in [0, 0.05) is 57.3 Å². The van der Waals surface area contributed by atoms with Crippen molar-refractivity contribution in [3.05, 3.63) is 17.6 Å². The lowest BCUT2D eigenvalue weighted by atomic mass is 10.1. The fraction of sp³-hybridized carbons (Fsp3) is 0.722. The highest BCUT2D eigenvalue weighted by Gasteiger charge is 2.31.